The molecule has 4 rings (SSSR count). The summed E-state index contributed by atoms with van der Waals surface area (Å²) in [4.78, 5) is 39.1. The van der Waals surface area contributed by atoms with E-state index in [1.165, 1.54) is 11.8 Å². The monoisotopic (exact) mass is 578 g/mol. The summed E-state index contributed by atoms with van der Waals surface area (Å²) in [5, 5.41) is 25.0. The van der Waals surface area contributed by atoms with E-state index < -0.39 is 35.2 Å². The standard InChI is InChI=1S/C31H50N2O6S/c1-7-29(5)15-24(30(6)17(2)10-12-31(18(3)27(29)37)13-11-22(35)26(30)31)39-25(36)16-40-23-14-20(8-9-21(23)34)33-28(38)19(4)32/h7,17-21,23-24,26-27,34,37H,1,8-16,32H2,2-6H3,(H,33,38)/t17?,18-,19+,20+,21-,23+,24+,26-,27-,29+,30-,31?/m0/s1. The molecule has 0 aromatic rings. The summed E-state index contributed by atoms with van der Waals surface area (Å²) in [6.45, 7) is 14.1. The predicted molar refractivity (Wildman–Crippen MR) is 156 cm³/mol. The summed E-state index contributed by atoms with van der Waals surface area (Å²) in [6.07, 6.45) is 5.21. The zero-order valence-electron chi connectivity index (χ0n) is 24.9. The van der Waals surface area contributed by atoms with Crippen LogP contribution in [0.3, 0.4) is 0 Å². The molecule has 4 aliphatic rings. The van der Waals surface area contributed by atoms with Gasteiger partial charge in [0.25, 0.3) is 0 Å². The topological polar surface area (TPSA) is 139 Å². The largest absolute Gasteiger partial charge is 0.461 e. The highest BCUT2D eigenvalue weighted by molar-refractivity contribution is 8.00. The van der Waals surface area contributed by atoms with Crippen molar-refractivity contribution in [2.75, 3.05) is 5.75 Å². The molecule has 0 aromatic heterocycles. The number of Topliss-reactive ketones (excluding diaryl/α,β-unsaturated/α-hetero) is 1. The van der Waals surface area contributed by atoms with Gasteiger partial charge in [-0.15, -0.1) is 18.3 Å². The summed E-state index contributed by atoms with van der Waals surface area (Å²) >= 11 is 1.36. The summed E-state index contributed by atoms with van der Waals surface area (Å²) in [7, 11) is 0. The number of nitrogens with two attached hydrogens (primary N) is 1. The number of esters is 1. The lowest BCUT2D eigenvalue weighted by atomic mass is 9.44. The lowest BCUT2D eigenvalue weighted by molar-refractivity contribution is -0.205. The highest BCUT2D eigenvalue weighted by atomic mass is 32.2. The van der Waals surface area contributed by atoms with Gasteiger partial charge in [0.15, 0.2) is 0 Å². The number of carbonyl (C=O) groups is 3. The van der Waals surface area contributed by atoms with Gasteiger partial charge in [0, 0.05) is 34.5 Å². The van der Waals surface area contributed by atoms with Gasteiger partial charge in [0.2, 0.25) is 5.91 Å². The Morgan fingerprint density at radius 2 is 1.93 bits per heavy atom. The number of ether oxygens (including phenoxy) is 1. The third-order valence-corrected chi connectivity index (χ3v) is 12.8. The van der Waals surface area contributed by atoms with Gasteiger partial charge in [-0.3, -0.25) is 14.4 Å². The number of rotatable bonds is 7. The summed E-state index contributed by atoms with van der Waals surface area (Å²) < 4.78 is 6.33. The Balaban J connectivity index is 1.54. The molecule has 0 aromatic carbocycles. The lowest BCUT2D eigenvalue weighted by Gasteiger charge is -2.61. The second-order valence-electron chi connectivity index (χ2n) is 13.8. The molecule has 8 nitrogen and oxygen atoms in total. The molecule has 0 saturated heterocycles. The van der Waals surface area contributed by atoms with Crippen LogP contribution >= 0.6 is 11.8 Å². The van der Waals surface area contributed by atoms with Crippen LogP contribution in [-0.4, -0.2) is 69.3 Å². The second-order valence-corrected chi connectivity index (χ2v) is 15.0. The lowest BCUT2D eigenvalue weighted by Crippen LogP contribution is -2.63. The average molecular weight is 579 g/mol. The van der Waals surface area contributed by atoms with E-state index in [9.17, 15) is 24.6 Å². The summed E-state index contributed by atoms with van der Waals surface area (Å²) in [5.74, 6) is -0.474. The number of aliphatic hydroxyl groups is 2. The zero-order valence-corrected chi connectivity index (χ0v) is 25.7. The highest BCUT2D eigenvalue weighted by Crippen LogP contribution is 2.68. The van der Waals surface area contributed by atoms with Gasteiger partial charge in [0.1, 0.15) is 11.9 Å². The van der Waals surface area contributed by atoms with Crippen LogP contribution in [0.15, 0.2) is 12.7 Å². The SMILES string of the molecule is C=C[C@]1(C)C[C@@H](OC(=O)CS[C@@H]2C[C@H](NC(=O)[C@@H](C)N)CC[C@@H]2O)[C@]2(C)C(C)CCC3(CCC(=O)[C@H]32)[C@@H](C)[C@@H]1O. The van der Waals surface area contributed by atoms with Crippen molar-refractivity contribution in [2.24, 2.45) is 39.7 Å². The Hall–Kier alpha value is -1.42. The van der Waals surface area contributed by atoms with Crippen molar-refractivity contribution >= 4 is 29.4 Å². The van der Waals surface area contributed by atoms with Crippen molar-refractivity contribution in [2.45, 2.75) is 122 Å². The van der Waals surface area contributed by atoms with E-state index in [2.05, 4.69) is 32.7 Å². The number of hydrogen-bond acceptors (Lipinski definition) is 8. The van der Waals surface area contributed by atoms with Crippen molar-refractivity contribution in [3.05, 3.63) is 12.7 Å². The number of hydrogen-bond donors (Lipinski definition) is 4. The van der Waals surface area contributed by atoms with E-state index in [0.29, 0.717) is 32.1 Å². The third-order valence-electron chi connectivity index (χ3n) is 11.5. The molecule has 0 radical (unpaired) electrons. The molecule has 2 bridgehead atoms. The van der Waals surface area contributed by atoms with E-state index in [0.717, 1.165) is 19.3 Å². The molecule has 226 valence electrons. The molecule has 4 saturated carbocycles. The van der Waals surface area contributed by atoms with Crippen LogP contribution in [0.1, 0.15) is 86.0 Å². The molecule has 0 spiro atoms. The van der Waals surface area contributed by atoms with Gasteiger partial charge in [-0.25, -0.2) is 0 Å². The van der Waals surface area contributed by atoms with Crippen molar-refractivity contribution in [1.29, 1.82) is 0 Å². The van der Waals surface area contributed by atoms with Crippen molar-refractivity contribution in [3.63, 3.8) is 0 Å². The maximum Gasteiger partial charge on any atom is 0.316 e. The summed E-state index contributed by atoms with van der Waals surface area (Å²) in [5.41, 5.74) is 4.15. The average Bonchev–Trinajstić information content (AvgIpc) is 3.27. The van der Waals surface area contributed by atoms with Gasteiger partial charge in [-0.2, -0.15) is 0 Å². The Bertz CT molecular complexity index is 1010. The molecular weight excluding hydrogens is 528 g/mol. The Morgan fingerprint density at radius 1 is 1.23 bits per heavy atom. The number of thioether (sulfide) groups is 1. The fraction of sp³-hybridized carbons (Fsp3) is 0.839. The van der Waals surface area contributed by atoms with E-state index in [-0.39, 0.29) is 57.9 Å². The Morgan fingerprint density at radius 3 is 2.58 bits per heavy atom. The predicted octanol–water partition coefficient (Wildman–Crippen LogP) is 3.37. The molecule has 0 heterocycles. The number of nitrogens with one attached hydrogen (secondary N) is 1. The van der Waals surface area contributed by atoms with Gasteiger partial charge in [-0.1, -0.05) is 33.8 Å². The maximum atomic E-state index is 13.6. The van der Waals surface area contributed by atoms with Crippen LogP contribution in [-0.2, 0) is 19.1 Å². The quantitative estimate of drug-likeness (QED) is 0.266. The second kappa shape index (κ2) is 11.7. The fourth-order valence-electron chi connectivity index (χ4n) is 8.63. The number of aliphatic hydroxyl groups excluding tert-OH is 2. The van der Waals surface area contributed by atoms with Crippen LogP contribution in [0.4, 0.5) is 0 Å². The van der Waals surface area contributed by atoms with E-state index in [1.807, 2.05) is 6.92 Å². The van der Waals surface area contributed by atoms with E-state index in [1.54, 1.807) is 13.0 Å². The molecule has 5 N–H and O–H groups in total. The smallest absolute Gasteiger partial charge is 0.316 e. The molecule has 1 amide bonds. The number of amides is 1. The van der Waals surface area contributed by atoms with Crippen LogP contribution in [0.5, 0.6) is 0 Å². The van der Waals surface area contributed by atoms with Crippen molar-refractivity contribution in [3.8, 4) is 0 Å². The first-order valence-electron chi connectivity index (χ1n) is 15.1. The minimum atomic E-state index is -0.701. The van der Waals surface area contributed by atoms with Crippen molar-refractivity contribution in [1.82, 2.24) is 5.32 Å². The molecule has 12 atom stereocenters. The van der Waals surface area contributed by atoms with Gasteiger partial charge < -0.3 is 26.0 Å². The van der Waals surface area contributed by atoms with E-state index in [4.69, 9.17) is 10.5 Å². The van der Waals surface area contributed by atoms with Gasteiger partial charge in [-0.05, 0) is 69.1 Å². The third kappa shape index (κ3) is 5.40. The molecule has 0 aliphatic heterocycles. The Labute approximate surface area is 243 Å². The van der Waals surface area contributed by atoms with Gasteiger partial charge >= 0.3 is 5.97 Å². The van der Waals surface area contributed by atoms with Crippen LogP contribution in [0, 0.1) is 34.0 Å². The van der Waals surface area contributed by atoms with Crippen LogP contribution in [0.25, 0.3) is 0 Å². The van der Waals surface area contributed by atoms with Crippen LogP contribution < -0.4 is 11.1 Å². The first-order valence-corrected chi connectivity index (χ1v) is 16.1. The van der Waals surface area contributed by atoms with Crippen molar-refractivity contribution < 1.29 is 29.3 Å². The molecular formula is C31H50N2O6S. The normalized spacial score (nSPS) is 46.0. The number of ketones is 1. The van der Waals surface area contributed by atoms with Crippen LogP contribution in [0.2, 0.25) is 0 Å². The van der Waals surface area contributed by atoms with Gasteiger partial charge in [0.05, 0.1) is 24.0 Å². The minimum Gasteiger partial charge on any atom is -0.461 e. The number of carbonyl (C=O) groups excluding carboxylic acids is 3. The zero-order chi connectivity index (χ0) is 29.6. The molecule has 4 aliphatic carbocycles. The van der Waals surface area contributed by atoms with E-state index >= 15 is 0 Å². The first-order chi connectivity index (χ1) is 18.7. The first kappa shape index (κ1) is 31.5. The fourth-order valence-corrected chi connectivity index (χ4v) is 9.77. The minimum absolute atomic E-state index is 0.0597. The molecule has 2 unspecified atom stereocenters. The highest BCUT2D eigenvalue weighted by Gasteiger charge is 2.68. The maximum absolute atomic E-state index is 13.6. The molecule has 40 heavy (non-hydrogen) atoms. The molecule has 9 heteroatoms. The Kier molecular flexibility index (Phi) is 9.21. The summed E-state index contributed by atoms with van der Waals surface area (Å²) in [6, 6.07) is -0.699. The molecule has 4 fully saturated rings.